The number of hydroxylamine groups is 1. The van der Waals surface area contributed by atoms with Crippen LogP contribution in [0.4, 0.5) is 0 Å². The third kappa shape index (κ3) is 5.44. The van der Waals surface area contributed by atoms with Crippen LogP contribution in [-0.2, 0) is 16.1 Å². The van der Waals surface area contributed by atoms with Crippen molar-refractivity contribution in [2.75, 3.05) is 13.2 Å². The second-order valence-corrected chi connectivity index (χ2v) is 7.72. The lowest BCUT2D eigenvalue weighted by molar-refractivity contribution is -0.139. The van der Waals surface area contributed by atoms with Gasteiger partial charge in [0.15, 0.2) is 6.61 Å². The number of nitrogens with one attached hydrogen (secondary N) is 1. The smallest absolute Gasteiger partial charge is 0.341 e. The Hall–Kier alpha value is -3.41. The topological polar surface area (TPSA) is 67.8 Å². The Kier molecular flexibility index (Phi) is 7.33. The molecule has 0 heterocycles. The zero-order chi connectivity index (χ0) is 22.2. The van der Waals surface area contributed by atoms with Crippen LogP contribution in [0, 0.1) is 0 Å². The third-order valence-electron chi connectivity index (χ3n) is 5.54. The van der Waals surface area contributed by atoms with Gasteiger partial charge in [0.1, 0.15) is 11.9 Å². The second-order valence-electron chi connectivity index (χ2n) is 7.72. The van der Waals surface area contributed by atoms with Gasteiger partial charge in [-0.2, -0.15) is 5.48 Å². The number of fused-ring (bicyclic) bond motifs is 1. The molecule has 0 spiro atoms. The van der Waals surface area contributed by atoms with Crippen LogP contribution in [0.15, 0.2) is 84.9 Å². The van der Waals surface area contributed by atoms with Crippen molar-refractivity contribution in [1.82, 2.24) is 5.48 Å². The van der Waals surface area contributed by atoms with E-state index in [4.69, 9.17) is 14.7 Å². The Morgan fingerprint density at radius 2 is 1.62 bits per heavy atom. The van der Waals surface area contributed by atoms with Crippen molar-refractivity contribution in [3.63, 3.8) is 0 Å². The fraction of sp³-hybridized carbons (Fsp3) is 0.222. The van der Waals surface area contributed by atoms with Gasteiger partial charge in [0.2, 0.25) is 0 Å². The highest BCUT2D eigenvalue weighted by molar-refractivity contribution is 5.73. The number of ether oxygens (including phenoxy) is 1. The van der Waals surface area contributed by atoms with Gasteiger partial charge in [-0.15, -0.1) is 0 Å². The molecule has 5 nitrogen and oxygen atoms in total. The summed E-state index contributed by atoms with van der Waals surface area (Å²) in [6, 6.07) is 26.1. The highest BCUT2D eigenvalue weighted by Gasteiger charge is 2.19. The molecule has 4 rings (SSSR count). The van der Waals surface area contributed by atoms with Crippen molar-refractivity contribution in [1.29, 1.82) is 0 Å². The number of benzene rings is 3. The van der Waals surface area contributed by atoms with Crippen LogP contribution in [0.25, 0.3) is 5.57 Å². The van der Waals surface area contributed by atoms with Crippen molar-refractivity contribution in [2.45, 2.75) is 25.4 Å². The molecule has 0 radical (unpaired) electrons. The monoisotopic (exact) mass is 429 g/mol. The van der Waals surface area contributed by atoms with E-state index in [1.54, 1.807) is 0 Å². The van der Waals surface area contributed by atoms with Crippen LogP contribution in [0.3, 0.4) is 0 Å². The molecule has 0 amide bonds. The normalized spacial score (nSPS) is 14.3. The molecule has 32 heavy (non-hydrogen) atoms. The first-order valence-corrected chi connectivity index (χ1v) is 10.9. The number of carbonyl (C=O) groups is 1. The minimum atomic E-state index is -0.970. The summed E-state index contributed by atoms with van der Waals surface area (Å²) in [7, 11) is 0. The SMILES string of the molecule is O=C(O)COc1cccc2c1CCCC2=CCNOC(c1ccccc1)c1ccccc1. The van der Waals surface area contributed by atoms with Gasteiger partial charge >= 0.3 is 5.97 Å². The fourth-order valence-electron chi connectivity index (χ4n) is 4.08. The molecule has 3 aromatic carbocycles. The molecule has 1 aliphatic rings. The van der Waals surface area contributed by atoms with E-state index in [2.05, 4.69) is 41.9 Å². The molecule has 0 saturated heterocycles. The molecule has 164 valence electrons. The summed E-state index contributed by atoms with van der Waals surface area (Å²) in [5.41, 5.74) is 8.73. The molecule has 0 saturated carbocycles. The molecule has 0 fully saturated rings. The second kappa shape index (κ2) is 10.8. The minimum absolute atomic E-state index is 0.203. The average Bonchev–Trinajstić information content (AvgIpc) is 2.84. The number of allylic oxidation sites excluding steroid dienone is 1. The fourth-order valence-corrected chi connectivity index (χ4v) is 4.08. The van der Waals surface area contributed by atoms with E-state index in [1.807, 2.05) is 48.5 Å². The van der Waals surface area contributed by atoms with Crippen LogP contribution in [-0.4, -0.2) is 24.2 Å². The predicted octanol–water partition coefficient (Wildman–Crippen LogP) is 5.18. The number of carboxylic acids is 1. The summed E-state index contributed by atoms with van der Waals surface area (Å²) in [5, 5.41) is 8.93. The lowest BCUT2D eigenvalue weighted by Crippen LogP contribution is -2.20. The van der Waals surface area contributed by atoms with Gasteiger partial charge in [0.25, 0.3) is 0 Å². The number of aliphatic carboxylic acids is 1. The van der Waals surface area contributed by atoms with Gasteiger partial charge in [0, 0.05) is 12.1 Å². The number of carboxylic acid groups (broad SMARTS) is 1. The Morgan fingerprint density at radius 3 is 2.28 bits per heavy atom. The number of hydrogen-bond acceptors (Lipinski definition) is 4. The Morgan fingerprint density at radius 1 is 0.938 bits per heavy atom. The summed E-state index contributed by atoms with van der Waals surface area (Å²) >= 11 is 0. The van der Waals surface area contributed by atoms with Crippen molar-refractivity contribution in [3.8, 4) is 5.75 Å². The van der Waals surface area contributed by atoms with Crippen molar-refractivity contribution in [3.05, 3.63) is 107 Å². The quantitative estimate of drug-likeness (QED) is 0.362. The minimum Gasteiger partial charge on any atom is -0.482 e. The van der Waals surface area contributed by atoms with E-state index in [0.717, 1.165) is 41.5 Å². The molecule has 0 atom stereocenters. The molecule has 5 heteroatoms. The summed E-state index contributed by atoms with van der Waals surface area (Å²) in [6.45, 7) is 0.233. The van der Waals surface area contributed by atoms with Crippen LogP contribution in [0.2, 0.25) is 0 Å². The van der Waals surface area contributed by atoms with E-state index < -0.39 is 5.97 Å². The van der Waals surface area contributed by atoms with Gasteiger partial charge in [-0.05, 0) is 47.6 Å². The average molecular weight is 430 g/mol. The van der Waals surface area contributed by atoms with Gasteiger partial charge in [-0.25, -0.2) is 4.79 Å². The maximum Gasteiger partial charge on any atom is 0.341 e. The lowest BCUT2D eigenvalue weighted by Gasteiger charge is -2.22. The molecule has 1 aliphatic carbocycles. The van der Waals surface area contributed by atoms with Crippen molar-refractivity contribution in [2.24, 2.45) is 0 Å². The van der Waals surface area contributed by atoms with Crippen LogP contribution < -0.4 is 10.2 Å². The zero-order valence-corrected chi connectivity index (χ0v) is 17.9. The van der Waals surface area contributed by atoms with Crippen LogP contribution in [0.1, 0.15) is 41.2 Å². The maximum absolute atomic E-state index is 10.9. The summed E-state index contributed by atoms with van der Waals surface area (Å²) in [4.78, 5) is 17.0. The first-order valence-electron chi connectivity index (χ1n) is 10.9. The predicted molar refractivity (Wildman–Crippen MR) is 124 cm³/mol. The lowest BCUT2D eigenvalue weighted by atomic mass is 9.86. The highest BCUT2D eigenvalue weighted by atomic mass is 16.7. The van der Waals surface area contributed by atoms with Crippen LogP contribution in [0.5, 0.6) is 5.75 Å². The summed E-state index contributed by atoms with van der Waals surface area (Å²) in [6.07, 6.45) is 4.80. The molecule has 0 aliphatic heterocycles. The van der Waals surface area contributed by atoms with Gasteiger partial charge in [0.05, 0.1) is 0 Å². The zero-order valence-electron chi connectivity index (χ0n) is 17.9. The molecular weight excluding hydrogens is 402 g/mol. The molecular formula is C27H27NO4. The number of hydrogen-bond donors (Lipinski definition) is 2. The molecule has 0 aromatic heterocycles. The van der Waals surface area contributed by atoms with E-state index in [9.17, 15) is 4.79 Å². The molecule has 3 aromatic rings. The first-order chi connectivity index (χ1) is 15.7. The summed E-state index contributed by atoms with van der Waals surface area (Å²) < 4.78 is 5.50. The number of rotatable bonds is 9. The van der Waals surface area contributed by atoms with Crippen molar-refractivity contribution < 1.29 is 19.5 Å². The first kappa shape index (κ1) is 21.8. The Labute approximate surface area is 188 Å². The van der Waals surface area contributed by atoms with E-state index in [1.165, 1.54) is 5.57 Å². The molecule has 0 bridgehead atoms. The Bertz CT molecular complexity index is 1020. The standard InChI is InChI=1S/C27H27NO4/c29-26(30)19-31-25-16-8-14-23-20(13-7-15-24(23)25)17-18-28-32-27(21-9-3-1-4-10-21)22-11-5-2-6-12-22/h1-6,8-12,14,16-17,27-28H,7,13,15,18-19H2,(H,29,30). The van der Waals surface area contributed by atoms with Crippen LogP contribution >= 0.6 is 0 Å². The highest BCUT2D eigenvalue weighted by Crippen LogP contribution is 2.36. The largest absolute Gasteiger partial charge is 0.482 e. The van der Waals surface area contributed by atoms with Gasteiger partial charge in [-0.3, -0.25) is 4.84 Å². The van der Waals surface area contributed by atoms with E-state index in [-0.39, 0.29) is 12.7 Å². The van der Waals surface area contributed by atoms with E-state index >= 15 is 0 Å². The maximum atomic E-state index is 10.9. The molecule has 0 unspecified atom stereocenters. The van der Waals surface area contributed by atoms with Gasteiger partial charge < -0.3 is 9.84 Å². The van der Waals surface area contributed by atoms with Gasteiger partial charge in [-0.1, -0.05) is 78.9 Å². The van der Waals surface area contributed by atoms with Crippen molar-refractivity contribution >= 4 is 11.5 Å². The third-order valence-corrected chi connectivity index (χ3v) is 5.54. The molecule has 2 N–H and O–H groups in total. The van der Waals surface area contributed by atoms with E-state index in [0.29, 0.717) is 12.3 Å². The summed E-state index contributed by atoms with van der Waals surface area (Å²) in [5.74, 6) is -0.310. The Balaban J connectivity index is 1.45.